The van der Waals surface area contributed by atoms with Gasteiger partial charge in [0.05, 0.1) is 7.11 Å². The number of rotatable bonds is 2. The molecular weight excluding hydrogens is 180 g/mol. The zero-order valence-electron chi connectivity index (χ0n) is 9.25. The maximum Gasteiger partial charge on any atom is 0.409 e. The summed E-state index contributed by atoms with van der Waals surface area (Å²) in [6.07, 6.45) is 1.77. The Morgan fingerprint density at radius 3 is 2.79 bits per heavy atom. The molecule has 1 fully saturated rings. The second-order valence-electron chi connectivity index (χ2n) is 4.34. The van der Waals surface area contributed by atoms with E-state index in [9.17, 15) is 4.79 Å². The van der Waals surface area contributed by atoms with Crippen LogP contribution in [-0.2, 0) is 4.74 Å². The van der Waals surface area contributed by atoms with Gasteiger partial charge in [-0.15, -0.1) is 0 Å². The number of likely N-dealkylation sites (tertiary alicyclic amines) is 1. The third-order valence-electron chi connectivity index (χ3n) is 3.31. The smallest absolute Gasteiger partial charge is 0.409 e. The maximum absolute atomic E-state index is 11.5. The van der Waals surface area contributed by atoms with Crippen LogP contribution in [0.3, 0.4) is 0 Å². The third kappa shape index (κ3) is 1.85. The highest BCUT2D eigenvalue weighted by Crippen LogP contribution is 2.36. The lowest BCUT2D eigenvalue weighted by atomic mass is 9.86. The van der Waals surface area contributed by atoms with Gasteiger partial charge in [0.1, 0.15) is 0 Å². The van der Waals surface area contributed by atoms with E-state index in [1.54, 1.807) is 4.90 Å². The van der Waals surface area contributed by atoms with Crippen LogP contribution in [0.15, 0.2) is 0 Å². The van der Waals surface area contributed by atoms with E-state index in [2.05, 4.69) is 13.8 Å². The molecule has 0 saturated carbocycles. The maximum atomic E-state index is 11.5. The highest BCUT2D eigenvalue weighted by atomic mass is 16.5. The van der Waals surface area contributed by atoms with Gasteiger partial charge in [-0.3, -0.25) is 0 Å². The molecule has 4 heteroatoms. The van der Waals surface area contributed by atoms with Crippen molar-refractivity contribution in [1.29, 1.82) is 0 Å². The molecule has 0 aromatic rings. The van der Waals surface area contributed by atoms with E-state index in [4.69, 9.17) is 10.5 Å². The van der Waals surface area contributed by atoms with Crippen LogP contribution in [0, 0.1) is 5.92 Å². The minimum Gasteiger partial charge on any atom is -0.453 e. The number of nitrogens with zero attached hydrogens (tertiary/aromatic N) is 1. The molecule has 1 aliphatic rings. The largest absolute Gasteiger partial charge is 0.453 e. The van der Waals surface area contributed by atoms with Gasteiger partial charge in [-0.25, -0.2) is 4.79 Å². The average Bonchev–Trinajstić information content (AvgIpc) is 2.42. The Labute approximate surface area is 85.4 Å². The van der Waals surface area contributed by atoms with Gasteiger partial charge in [-0.2, -0.15) is 0 Å². The first kappa shape index (κ1) is 11.3. The predicted octanol–water partition coefficient (Wildman–Crippen LogP) is 1.20. The molecular formula is C10H20N2O2. The van der Waals surface area contributed by atoms with E-state index in [0.717, 1.165) is 19.4 Å². The van der Waals surface area contributed by atoms with Crippen molar-refractivity contribution in [3.63, 3.8) is 0 Å². The first-order chi connectivity index (χ1) is 6.54. The van der Waals surface area contributed by atoms with Gasteiger partial charge in [0.2, 0.25) is 0 Å². The van der Waals surface area contributed by atoms with Crippen LogP contribution in [0.25, 0.3) is 0 Å². The summed E-state index contributed by atoms with van der Waals surface area (Å²) in [5.74, 6) is 0.492. The van der Waals surface area contributed by atoms with E-state index in [0.29, 0.717) is 12.5 Å². The van der Waals surface area contributed by atoms with E-state index in [1.807, 2.05) is 0 Å². The van der Waals surface area contributed by atoms with Gasteiger partial charge in [0.25, 0.3) is 0 Å². The van der Waals surface area contributed by atoms with Crippen LogP contribution in [-0.4, -0.2) is 36.7 Å². The fourth-order valence-corrected chi connectivity index (χ4v) is 2.28. The molecule has 1 aliphatic heterocycles. The van der Waals surface area contributed by atoms with E-state index < -0.39 is 0 Å². The van der Waals surface area contributed by atoms with Gasteiger partial charge in [0, 0.05) is 12.1 Å². The van der Waals surface area contributed by atoms with Crippen molar-refractivity contribution in [3.8, 4) is 0 Å². The second kappa shape index (κ2) is 4.17. The van der Waals surface area contributed by atoms with Crippen molar-refractivity contribution in [2.24, 2.45) is 11.7 Å². The third-order valence-corrected chi connectivity index (χ3v) is 3.31. The Hall–Kier alpha value is -0.770. The van der Waals surface area contributed by atoms with Crippen molar-refractivity contribution < 1.29 is 9.53 Å². The number of amides is 1. The Balaban J connectivity index is 2.70. The molecule has 1 amide bonds. The molecule has 0 bridgehead atoms. The molecule has 0 aromatic heterocycles. The number of methoxy groups -OCH3 is 1. The quantitative estimate of drug-likeness (QED) is 0.728. The standard InChI is InChI=1S/C10H20N2O2/c1-10(2)8(4-6-11)5-7-12(10)9(13)14-3/h8H,4-7,11H2,1-3H3. The monoisotopic (exact) mass is 200 g/mol. The topological polar surface area (TPSA) is 55.6 Å². The highest BCUT2D eigenvalue weighted by Gasteiger charge is 2.43. The molecule has 2 N–H and O–H groups in total. The molecule has 82 valence electrons. The summed E-state index contributed by atoms with van der Waals surface area (Å²) in [5.41, 5.74) is 5.43. The van der Waals surface area contributed by atoms with Crippen LogP contribution in [0.5, 0.6) is 0 Å². The molecule has 1 heterocycles. The Kier molecular flexibility index (Phi) is 3.37. The molecule has 0 aliphatic carbocycles. The zero-order chi connectivity index (χ0) is 10.8. The predicted molar refractivity (Wildman–Crippen MR) is 55.0 cm³/mol. The van der Waals surface area contributed by atoms with Crippen LogP contribution < -0.4 is 5.73 Å². The first-order valence-electron chi connectivity index (χ1n) is 5.09. The molecule has 1 rings (SSSR count). The van der Waals surface area contributed by atoms with Gasteiger partial charge < -0.3 is 15.4 Å². The summed E-state index contributed by atoms with van der Waals surface area (Å²) in [6.45, 7) is 5.63. The van der Waals surface area contributed by atoms with Crippen molar-refractivity contribution in [2.45, 2.75) is 32.2 Å². The molecule has 0 radical (unpaired) electrons. The summed E-state index contributed by atoms with van der Waals surface area (Å²) in [6, 6.07) is 0. The molecule has 0 aromatic carbocycles. The van der Waals surface area contributed by atoms with Crippen molar-refractivity contribution in [2.75, 3.05) is 20.2 Å². The number of carbonyl (C=O) groups is 1. The SMILES string of the molecule is COC(=O)N1CCC(CCN)C1(C)C. The summed E-state index contributed by atoms with van der Waals surface area (Å²) >= 11 is 0. The molecule has 1 unspecified atom stereocenters. The normalized spacial score (nSPS) is 25.1. The number of hydrogen-bond acceptors (Lipinski definition) is 3. The first-order valence-corrected chi connectivity index (χ1v) is 5.09. The molecule has 1 atom stereocenters. The van der Waals surface area contributed by atoms with Crippen molar-refractivity contribution >= 4 is 6.09 Å². The zero-order valence-corrected chi connectivity index (χ0v) is 9.25. The summed E-state index contributed by atoms with van der Waals surface area (Å²) in [5, 5.41) is 0. The van der Waals surface area contributed by atoms with E-state index in [-0.39, 0.29) is 11.6 Å². The minimum atomic E-state index is -0.227. The molecule has 1 saturated heterocycles. The number of ether oxygens (including phenoxy) is 1. The Morgan fingerprint density at radius 2 is 2.29 bits per heavy atom. The molecule has 0 spiro atoms. The Bertz CT molecular complexity index is 216. The number of carbonyl (C=O) groups excluding carboxylic acids is 1. The molecule has 4 nitrogen and oxygen atoms in total. The van der Waals surface area contributed by atoms with Gasteiger partial charge in [-0.05, 0) is 39.2 Å². The fourth-order valence-electron chi connectivity index (χ4n) is 2.28. The summed E-state index contributed by atoms with van der Waals surface area (Å²) < 4.78 is 4.75. The van der Waals surface area contributed by atoms with Crippen LogP contribution >= 0.6 is 0 Å². The van der Waals surface area contributed by atoms with Crippen molar-refractivity contribution in [1.82, 2.24) is 4.90 Å². The second-order valence-corrected chi connectivity index (χ2v) is 4.34. The van der Waals surface area contributed by atoms with Crippen molar-refractivity contribution in [3.05, 3.63) is 0 Å². The lowest BCUT2D eigenvalue weighted by Gasteiger charge is -2.34. The lowest BCUT2D eigenvalue weighted by molar-refractivity contribution is 0.0859. The van der Waals surface area contributed by atoms with Crippen LogP contribution in [0.4, 0.5) is 4.79 Å². The van der Waals surface area contributed by atoms with Gasteiger partial charge in [0.15, 0.2) is 0 Å². The molecule has 14 heavy (non-hydrogen) atoms. The fraction of sp³-hybridized carbons (Fsp3) is 0.900. The van der Waals surface area contributed by atoms with Gasteiger partial charge in [-0.1, -0.05) is 0 Å². The highest BCUT2D eigenvalue weighted by molar-refractivity contribution is 5.69. The lowest BCUT2D eigenvalue weighted by Crippen LogP contribution is -2.46. The average molecular weight is 200 g/mol. The summed E-state index contributed by atoms with van der Waals surface area (Å²) in [4.78, 5) is 13.3. The van der Waals surface area contributed by atoms with Crippen LogP contribution in [0.2, 0.25) is 0 Å². The Morgan fingerprint density at radius 1 is 1.64 bits per heavy atom. The number of hydrogen-bond donors (Lipinski definition) is 1. The van der Waals surface area contributed by atoms with Gasteiger partial charge >= 0.3 is 6.09 Å². The van der Waals surface area contributed by atoms with Crippen LogP contribution in [0.1, 0.15) is 26.7 Å². The minimum absolute atomic E-state index is 0.119. The van der Waals surface area contributed by atoms with E-state index in [1.165, 1.54) is 7.11 Å². The van der Waals surface area contributed by atoms with E-state index >= 15 is 0 Å². The summed E-state index contributed by atoms with van der Waals surface area (Å²) in [7, 11) is 1.43. The number of nitrogens with two attached hydrogens (primary N) is 1.